The number of rotatable bonds is 6. The summed E-state index contributed by atoms with van der Waals surface area (Å²) in [6.45, 7) is 0. The van der Waals surface area contributed by atoms with Gasteiger partial charge in [0.15, 0.2) is 0 Å². The number of anilines is 6. The molecule has 6 amide bonds. The molecule has 0 atom stereocenters. The van der Waals surface area contributed by atoms with Crippen LogP contribution in [0.4, 0.5) is 34.9 Å². The van der Waals surface area contributed by atoms with Crippen LogP contribution in [0.25, 0.3) is 0 Å². The van der Waals surface area contributed by atoms with E-state index >= 15 is 0 Å². The van der Waals surface area contributed by atoms with Crippen molar-refractivity contribution in [2.24, 2.45) is 0 Å². The first-order chi connectivity index (χ1) is 26.3. The molecule has 6 N–H and O–H groups in total. The van der Waals surface area contributed by atoms with Gasteiger partial charge in [0.05, 0.1) is 0 Å². The molecule has 0 saturated carbocycles. The van der Waals surface area contributed by atoms with E-state index in [0.29, 0.717) is 34.9 Å². The molecule has 0 aromatic carbocycles. The van der Waals surface area contributed by atoms with E-state index in [2.05, 4.69) is 61.8 Å². The monoisotopic (exact) mass is 726 g/mol. The summed E-state index contributed by atoms with van der Waals surface area (Å²) in [5.74, 6) is -2.84. The highest BCUT2D eigenvalue weighted by atomic mass is 16.2. The number of nitrogens with one attached hydrogen (secondary N) is 6. The van der Waals surface area contributed by atoms with Gasteiger partial charge < -0.3 is 31.9 Å². The van der Waals surface area contributed by atoms with Crippen molar-refractivity contribution in [3.05, 3.63) is 146 Å². The molecule has 0 aliphatic carbocycles. The number of pyridine rings is 6. The zero-order valence-electron chi connectivity index (χ0n) is 28.0. The third kappa shape index (κ3) is 13.9. The standard InChI is InChI=1S/3C12H10N4O2/c3*17-11(15-9-5-1-3-7-13-9)12(18)16-10-6-2-4-8-14-10/h3*1-8H,(H,13,15,17)(H,14,16,18). The average Bonchev–Trinajstić information content (AvgIpc) is 3.20. The van der Waals surface area contributed by atoms with Crippen molar-refractivity contribution in [2.45, 2.75) is 0 Å². The van der Waals surface area contributed by atoms with Crippen LogP contribution in [0.15, 0.2) is 146 Å². The molecule has 0 bridgehead atoms. The lowest BCUT2D eigenvalue weighted by Crippen LogP contribution is -2.29. The van der Waals surface area contributed by atoms with Gasteiger partial charge in [-0.1, -0.05) is 36.4 Å². The molecule has 0 aliphatic heterocycles. The number of carbonyl (C=O) groups is 6. The number of hydrogen-bond acceptors (Lipinski definition) is 12. The second kappa shape index (κ2) is 21.1. The van der Waals surface area contributed by atoms with Crippen molar-refractivity contribution < 1.29 is 28.8 Å². The molecule has 0 unspecified atom stereocenters. The molecule has 270 valence electrons. The van der Waals surface area contributed by atoms with Gasteiger partial charge in [-0.15, -0.1) is 0 Å². The second-order valence-electron chi connectivity index (χ2n) is 10.0. The van der Waals surface area contributed by atoms with Gasteiger partial charge in [-0.3, -0.25) is 28.8 Å². The first-order valence-electron chi connectivity index (χ1n) is 15.6. The molecule has 6 aromatic heterocycles. The van der Waals surface area contributed by atoms with Crippen molar-refractivity contribution in [2.75, 3.05) is 31.9 Å². The molecular weight excluding hydrogens is 696 g/mol. The first kappa shape index (κ1) is 38.5. The van der Waals surface area contributed by atoms with Gasteiger partial charge in [-0.25, -0.2) is 29.9 Å². The second-order valence-corrected chi connectivity index (χ2v) is 10.0. The van der Waals surface area contributed by atoms with E-state index in [4.69, 9.17) is 0 Å². The molecule has 0 radical (unpaired) electrons. The Hall–Kier alpha value is -8.28. The van der Waals surface area contributed by atoms with Crippen molar-refractivity contribution in [1.29, 1.82) is 0 Å². The fraction of sp³-hybridized carbons (Fsp3) is 0. The van der Waals surface area contributed by atoms with E-state index in [1.807, 2.05) is 0 Å². The molecule has 18 nitrogen and oxygen atoms in total. The van der Waals surface area contributed by atoms with Crippen molar-refractivity contribution in [3.63, 3.8) is 0 Å². The highest BCUT2D eigenvalue weighted by Crippen LogP contribution is 2.05. The molecule has 6 rings (SSSR count). The lowest BCUT2D eigenvalue weighted by molar-refractivity contribution is -0.133. The maximum atomic E-state index is 11.5. The Bertz CT molecular complexity index is 1720. The molecule has 0 fully saturated rings. The van der Waals surface area contributed by atoms with Gasteiger partial charge in [0.2, 0.25) is 0 Å². The predicted molar refractivity (Wildman–Crippen MR) is 197 cm³/mol. The van der Waals surface area contributed by atoms with Crippen LogP contribution in [0.2, 0.25) is 0 Å². The van der Waals surface area contributed by atoms with E-state index in [1.54, 1.807) is 109 Å². The van der Waals surface area contributed by atoms with Crippen molar-refractivity contribution in [1.82, 2.24) is 29.9 Å². The molecule has 6 heterocycles. The Labute approximate surface area is 307 Å². The largest absolute Gasteiger partial charge is 0.315 e. The van der Waals surface area contributed by atoms with Crippen molar-refractivity contribution in [3.8, 4) is 0 Å². The van der Waals surface area contributed by atoms with E-state index in [1.165, 1.54) is 37.2 Å². The SMILES string of the molecule is O=C(Nc1ccccn1)C(=O)Nc1ccccn1.O=C(Nc1ccccn1)C(=O)Nc1ccccn1.O=C(Nc1ccccn1)C(=O)Nc1ccccn1. The Morgan fingerprint density at radius 2 is 0.407 bits per heavy atom. The maximum absolute atomic E-state index is 11.5. The van der Waals surface area contributed by atoms with Crippen molar-refractivity contribution >= 4 is 70.4 Å². The molecule has 0 saturated heterocycles. The highest BCUT2D eigenvalue weighted by molar-refractivity contribution is 6.44. The number of hydrogen-bond donors (Lipinski definition) is 6. The van der Waals surface area contributed by atoms with Gasteiger partial charge in [0.25, 0.3) is 0 Å². The Morgan fingerprint density at radius 1 is 0.259 bits per heavy atom. The van der Waals surface area contributed by atoms with Crippen LogP contribution in [0.5, 0.6) is 0 Å². The van der Waals surface area contributed by atoms with Gasteiger partial charge in [-0.05, 0) is 72.8 Å². The Balaban J connectivity index is 0.000000180. The fourth-order valence-electron chi connectivity index (χ4n) is 3.66. The summed E-state index contributed by atoms with van der Waals surface area (Å²) in [7, 11) is 0. The van der Waals surface area contributed by atoms with Gasteiger partial charge >= 0.3 is 35.4 Å². The molecule has 6 aromatic rings. The first-order valence-corrected chi connectivity index (χ1v) is 15.6. The normalized spacial score (nSPS) is 9.56. The Morgan fingerprint density at radius 3 is 0.519 bits per heavy atom. The zero-order valence-corrected chi connectivity index (χ0v) is 28.0. The van der Waals surface area contributed by atoms with E-state index < -0.39 is 35.4 Å². The summed E-state index contributed by atoms with van der Waals surface area (Å²) in [5, 5.41) is 14.2. The molecule has 0 spiro atoms. The van der Waals surface area contributed by atoms with Crippen LogP contribution in [-0.2, 0) is 28.8 Å². The summed E-state index contributed by atoms with van der Waals surface area (Å²) in [6.07, 6.45) is 9.12. The number of carbonyl (C=O) groups excluding carboxylic acids is 6. The van der Waals surface area contributed by atoms with E-state index in [-0.39, 0.29) is 0 Å². The predicted octanol–water partition coefficient (Wildman–Crippen LogP) is 3.16. The minimum atomic E-state index is -0.792. The highest BCUT2D eigenvalue weighted by Gasteiger charge is 2.16. The quantitative estimate of drug-likeness (QED) is 0.135. The number of amides is 6. The van der Waals surface area contributed by atoms with Gasteiger partial charge in [0, 0.05) is 37.2 Å². The maximum Gasteiger partial charge on any atom is 0.315 e. The minimum Gasteiger partial charge on any atom is -0.302 e. The smallest absolute Gasteiger partial charge is 0.302 e. The van der Waals surface area contributed by atoms with Crippen LogP contribution in [-0.4, -0.2) is 65.3 Å². The van der Waals surface area contributed by atoms with Gasteiger partial charge in [-0.2, -0.15) is 0 Å². The van der Waals surface area contributed by atoms with Crippen LogP contribution < -0.4 is 31.9 Å². The zero-order chi connectivity index (χ0) is 38.4. The average molecular weight is 727 g/mol. The molecular formula is C36H30N12O6. The summed E-state index contributed by atoms with van der Waals surface area (Å²) >= 11 is 0. The third-order valence-electron chi connectivity index (χ3n) is 6.06. The van der Waals surface area contributed by atoms with E-state index in [0.717, 1.165) is 0 Å². The molecule has 18 heteroatoms. The number of aromatic nitrogens is 6. The topological polar surface area (TPSA) is 252 Å². The lowest BCUT2D eigenvalue weighted by Gasteiger charge is -2.04. The third-order valence-corrected chi connectivity index (χ3v) is 6.06. The van der Waals surface area contributed by atoms with Crippen LogP contribution in [0.1, 0.15) is 0 Å². The van der Waals surface area contributed by atoms with Crippen LogP contribution in [0.3, 0.4) is 0 Å². The summed E-state index contributed by atoms with van der Waals surface area (Å²) in [6, 6.07) is 30.1. The van der Waals surface area contributed by atoms with E-state index in [9.17, 15) is 28.8 Å². The lowest BCUT2D eigenvalue weighted by atomic mass is 10.4. The summed E-state index contributed by atoms with van der Waals surface area (Å²) in [4.78, 5) is 92.4. The summed E-state index contributed by atoms with van der Waals surface area (Å²) in [5.41, 5.74) is 0. The Kier molecular flexibility index (Phi) is 15.0. The summed E-state index contributed by atoms with van der Waals surface area (Å²) < 4.78 is 0. The van der Waals surface area contributed by atoms with Crippen LogP contribution >= 0.6 is 0 Å². The van der Waals surface area contributed by atoms with Crippen LogP contribution in [0, 0.1) is 0 Å². The molecule has 54 heavy (non-hydrogen) atoms. The fourth-order valence-corrected chi connectivity index (χ4v) is 3.66. The minimum absolute atomic E-state index is 0.318. The molecule has 0 aliphatic rings. The number of nitrogens with zero attached hydrogens (tertiary/aromatic N) is 6. The van der Waals surface area contributed by atoms with Gasteiger partial charge in [0.1, 0.15) is 34.9 Å².